The Morgan fingerprint density at radius 2 is 1.89 bits per heavy atom. The van der Waals surface area contributed by atoms with Crippen LogP contribution >= 0.6 is 0 Å². The maximum absolute atomic E-state index is 12.5. The molecule has 1 N–H and O–H groups in total. The minimum absolute atomic E-state index is 0.0895. The number of piperazine rings is 1. The number of amides is 1. The van der Waals surface area contributed by atoms with E-state index in [1.165, 1.54) is 5.52 Å². The van der Waals surface area contributed by atoms with Crippen molar-refractivity contribution >= 4 is 16.9 Å². The first kappa shape index (κ1) is 17.8. The number of fused-ring (bicyclic) bond motifs is 1. The van der Waals surface area contributed by atoms with Crippen LogP contribution in [0.4, 0.5) is 0 Å². The van der Waals surface area contributed by atoms with Crippen LogP contribution in [-0.4, -0.2) is 56.4 Å². The zero-order chi connectivity index (χ0) is 18.8. The Morgan fingerprint density at radius 3 is 2.59 bits per heavy atom. The average Bonchev–Trinajstić information content (AvgIpc) is 3.31. The van der Waals surface area contributed by atoms with Crippen molar-refractivity contribution in [2.24, 2.45) is 5.92 Å². The van der Waals surface area contributed by atoms with Crippen molar-refractivity contribution in [3.05, 3.63) is 54.1 Å². The Labute approximate surface area is 159 Å². The molecule has 0 bridgehead atoms. The highest BCUT2D eigenvalue weighted by Crippen LogP contribution is 2.20. The average molecular weight is 365 g/mol. The van der Waals surface area contributed by atoms with Crippen LogP contribution in [0.25, 0.3) is 11.0 Å². The van der Waals surface area contributed by atoms with E-state index in [0.29, 0.717) is 11.6 Å². The van der Waals surface area contributed by atoms with Gasteiger partial charge in [-0.25, -0.2) is 4.98 Å². The number of hydrogen-bond acceptors (Lipinski definition) is 3. The Morgan fingerprint density at radius 1 is 1.11 bits per heavy atom. The molecular weight excluding hydrogens is 338 g/mol. The monoisotopic (exact) mass is 365 g/mol. The van der Waals surface area contributed by atoms with Gasteiger partial charge in [0.05, 0.1) is 17.6 Å². The molecule has 1 aliphatic heterocycles. The zero-order valence-corrected chi connectivity index (χ0v) is 16.1. The zero-order valence-electron chi connectivity index (χ0n) is 16.1. The quantitative estimate of drug-likeness (QED) is 0.756. The van der Waals surface area contributed by atoms with Crippen molar-refractivity contribution in [1.82, 2.24) is 24.3 Å². The van der Waals surface area contributed by atoms with Crippen molar-refractivity contribution in [2.45, 2.75) is 26.9 Å². The maximum Gasteiger partial charge on any atom is 0.270 e. The molecule has 1 fully saturated rings. The van der Waals surface area contributed by atoms with Crippen molar-refractivity contribution in [1.29, 1.82) is 0 Å². The topological polar surface area (TPSA) is 57.2 Å². The fourth-order valence-corrected chi connectivity index (χ4v) is 3.76. The number of carbonyl (C=O) groups excluding carboxylic acids is 1. The number of para-hydroxylation sites is 2. The third-order valence-electron chi connectivity index (χ3n) is 5.13. The molecule has 0 atom stereocenters. The van der Waals surface area contributed by atoms with Gasteiger partial charge in [-0.2, -0.15) is 0 Å². The molecular formula is C21H27N5O. The fraction of sp³-hybridized carbons (Fsp3) is 0.429. The van der Waals surface area contributed by atoms with E-state index in [2.05, 4.69) is 46.5 Å². The van der Waals surface area contributed by atoms with Crippen LogP contribution in [0.3, 0.4) is 0 Å². The Balaban J connectivity index is 1.45. The largest absolute Gasteiger partial charge is 0.357 e. The summed E-state index contributed by atoms with van der Waals surface area (Å²) in [6.45, 7) is 9.53. The van der Waals surface area contributed by atoms with E-state index in [1.807, 2.05) is 23.1 Å². The molecule has 0 radical (unpaired) electrons. The number of rotatable bonds is 5. The van der Waals surface area contributed by atoms with Crippen LogP contribution in [0.5, 0.6) is 0 Å². The molecule has 0 saturated carbocycles. The van der Waals surface area contributed by atoms with E-state index < -0.39 is 0 Å². The van der Waals surface area contributed by atoms with Gasteiger partial charge in [0.1, 0.15) is 11.5 Å². The summed E-state index contributed by atoms with van der Waals surface area (Å²) in [7, 11) is 0. The molecule has 6 nitrogen and oxygen atoms in total. The Kier molecular flexibility index (Phi) is 4.99. The molecule has 4 rings (SSSR count). The van der Waals surface area contributed by atoms with Crippen LogP contribution < -0.4 is 0 Å². The van der Waals surface area contributed by atoms with Gasteiger partial charge >= 0.3 is 0 Å². The van der Waals surface area contributed by atoms with Crippen LogP contribution in [0.1, 0.15) is 30.2 Å². The van der Waals surface area contributed by atoms with Gasteiger partial charge in [0.25, 0.3) is 5.91 Å². The first-order valence-electron chi connectivity index (χ1n) is 9.71. The van der Waals surface area contributed by atoms with E-state index in [-0.39, 0.29) is 5.91 Å². The minimum atomic E-state index is 0.0895. The molecule has 3 heterocycles. The second-order valence-corrected chi connectivity index (χ2v) is 7.67. The van der Waals surface area contributed by atoms with Crippen molar-refractivity contribution < 1.29 is 4.79 Å². The van der Waals surface area contributed by atoms with Crippen LogP contribution in [0, 0.1) is 5.92 Å². The highest BCUT2D eigenvalue weighted by Gasteiger charge is 2.24. The SMILES string of the molecule is CC(C)Cn1c(CN2CCN(C(=O)c3ccc[nH]3)CC2)nc2ccccc21. The Bertz CT molecular complexity index is 904. The lowest BCUT2D eigenvalue weighted by Crippen LogP contribution is -2.48. The molecule has 1 aliphatic rings. The van der Waals surface area contributed by atoms with Crippen molar-refractivity contribution in [3.63, 3.8) is 0 Å². The molecule has 1 aromatic carbocycles. The summed E-state index contributed by atoms with van der Waals surface area (Å²) < 4.78 is 2.36. The van der Waals surface area contributed by atoms with Crippen LogP contribution in [0.15, 0.2) is 42.6 Å². The highest BCUT2D eigenvalue weighted by atomic mass is 16.2. The van der Waals surface area contributed by atoms with E-state index in [0.717, 1.165) is 50.6 Å². The second kappa shape index (κ2) is 7.56. The van der Waals surface area contributed by atoms with E-state index in [4.69, 9.17) is 4.98 Å². The molecule has 0 aliphatic carbocycles. The third-order valence-corrected chi connectivity index (χ3v) is 5.13. The molecule has 6 heteroatoms. The summed E-state index contributed by atoms with van der Waals surface area (Å²) in [6, 6.07) is 12.1. The summed E-state index contributed by atoms with van der Waals surface area (Å²) in [5.41, 5.74) is 2.94. The molecule has 3 aromatic rings. The summed E-state index contributed by atoms with van der Waals surface area (Å²) >= 11 is 0. The van der Waals surface area contributed by atoms with Crippen LogP contribution in [0.2, 0.25) is 0 Å². The summed E-state index contributed by atoms with van der Waals surface area (Å²) in [6.07, 6.45) is 1.79. The van der Waals surface area contributed by atoms with Gasteiger partial charge in [0, 0.05) is 38.9 Å². The van der Waals surface area contributed by atoms with E-state index >= 15 is 0 Å². The first-order chi connectivity index (χ1) is 13.1. The fourth-order valence-electron chi connectivity index (χ4n) is 3.76. The number of aromatic nitrogens is 3. The lowest BCUT2D eigenvalue weighted by atomic mass is 10.2. The summed E-state index contributed by atoms with van der Waals surface area (Å²) in [5, 5.41) is 0. The van der Waals surface area contributed by atoms with Crippen molar-refractivity contribution in [2.75, 3.05) is 26.2 Å². The van der Waals surface area contributed by atoms with Gasteiger partial charge in [-0.1, -0.05) is 26.0 Å². The standard InChI is InChI=1S/C21H27N5O/c1-16(2)14-26-19-8-4-3-6-17(19)23-20(26)15-24-10-12-25(13-11-24)21(27)18-7-5-9-22-18/h3-9,16,22H,10-15H2,1-2H3. The molecule has 0 spiro atoms. The maximum atomic E-state index is 12.5. The predicted octanol–water partition coefficient (Wildman–Crippen LogP) is 2.98. The lowest BCUT2D eigenvalue weighted by Gasteiger charge is -2.34. The number of imidazole rings is 1. The number of carbonyl (C=O) groups is 1. The number of aromatic amines is 1. The molecule has 2 aromatic heterocycles. The normalized spacial score (nSPS) is 15.7. The van der Waals surface area contributed by atoms with Gasteiger partial charge in [-0.15, -0.1) is 0 Å². The third kappa shape index (κ3) is 3.76. The number of nitrogens with zero attached hydrogens (tertiary/aromatic N) is 4. The van der Waals surface area contributed by atoms with Gasteiger partial charge in [-0.05, 0) is 30.2 Å². The molecule has 0 unspecified atom stereocenters. The first-order valence-corrected chi connectivity index (χ1v) is 9.71. The smallest absolute Gasteiger partial charge is 0.270 e. The van der Waals surface area contributed by atoms with Gasteiger partial charge in [0.15, 0.2) is 0 Å². The molecule has 1 amide bonds. The molecule has 142 valence electrons. The summed E-state index contributed by atoms with van der Waals surface area (Å²) in [4.78, 5) is 24.7. The van der Waals surface area contributed by atoms with E-state index in [1.54, 1.807) is 6.20 Å². The number of benzene rings is 1. The number of nitrogens with one attached hydrogen (secondary N) is 1. The van der Waals surface area contributed by atoms with E-state index in [9.17, 15) is 4.79 Å². The minimum Gasteiger partial charge on any atom is -0.357 e. The molecule has 27 heavy (non-hydrogen) atoms. The van der Waals surface area contributed by atoms with Gasteiger partial charge < -0.3 is 14.5 Å². The van der Waals surface area contributed by atoms with Gasteiger partial charge in [0.2, 0.25) is 0 Å². The number of H-pyrrole nitrogens is 1. The molecule has 1 saturated heterocycles. The van der Waals surface area contributed by atoms with Crippen LogP contribution in [-0.2, 0) is 13.1 Å². The lowest BCUT2D eigenvalue weighted by molar-refractivity contribution is 0.0619. The number of hydrogen-bond donors (Lipinski definition) is 1. The highest BCUT2D eigenvalue weighted by molar-refractivity contribution is 5.92. The Hall–Kier alpha value is -2.60. The van der Waals surface area contributed by atoms with Gasteiger partial charge in [-0.3, -0.25) is 9.69 Å². The van der Waals surface area contributed by atoms with Crippen molar-refractivity contribution in [3.8, 4) is 0 Å². The second-order valence-electron chi connectivity index (χ2n) is 7.67. The predicted molar refractivity (Wildman–Crippen MR) is 107 cm³/mol. The summed E-state index contributed by atoms with van der Waals surface area (Å²) in [5.74, 6) is 1.78.